The Morgan fingerprint density at radius 1 is 1.12 bits per heavy atom. The Bertz CT molecular complexity index is 1020. The van der Waals surface area contributed by atoms with Gasteiger partial charge >= 0.3 is 0 Å². The maximum absolute atomic E-state index is 12.4. The lowest BCUT2D eigenvalue weighted by Crippen LogP contribution is -2.35. The van der Waals surface area contributed by atoms with Crippen LogP contribution in [0.15, 0.2) is 48.5 Å². The van der Waals surface area contributed by atoms with Crippen molar-refractivity contribution >= 4 is 21.6 Å². The Balaban J connectivity index is 1.48. The van der Waals surface area contributed by atoms with Crippen molar-refractivity contribution < 1.29 is 22.7 Å². The van der Waals surface area contributed by atoms with Gasteiger partial charge in [-0.2, -0.15) is 0 Å². The zero-order valence-corrected chi connectivity index (χ0v) is 20.1. The standard InChI is InChI=1S/C24H33N3O5S/c1-31-23-9-4-8-22(17-23)27(33(2,29)30)11-5-10-24(28)25-18-20-6-3-7-21(16-20)19-26-12-14-32-15-13-26/h3-4,6-9,16-17H,5,10-15,18-19H2,1-2H3,(H,25,28). The number of rotatable bonds is 11. The van der Waals surface area contributed by atoms with Crippen LogP contribution in [0.5, 0.6) is 5.75 Å². The molecular formula is C24H33N3O5S. The topological polar surface area (TPSA) is 88.2 Å². The molecule has 3 rings (SSSR count). The zero-order chi connectivity index (χ0) is 23.7. The maximum Gasteiger partial charge on any atom is 0.232 e. The summed E-state index contributed by atoms with van der Waals surface area (Å²) in [5.74, 6) is 0.474. The second kappa shape index (κ2) is 12.0. The summed E-state index contributed by atoms with van der Waals surface area (Å²) in [5.41, 5.74) is 2.78. The minimum atomic E-state index is -3.48. The summed E-state index contributed by atoms with van der Waals surface area (Å²) in [5, 5.41) is 2.94. The van der Waals surface area contributed by atoms with Gasteiger partial charge in [-0.25, -0.2) is 8.42 Å². The van der Waals surface area contributed by atoms with E-state index in [4.69, 9.17) is 9.47 Å². The largest absolute Gasteiger partial charge is 0.497 e. The summed E-state index contributed by atoms with van der Waals surface area (Å²) in [6.45, 7) is 4.93. The molecule has 0 aliphatic carbocycles. The molecule has 1 amide bonds. The third-order valence-electron chi connectivity index (χ3n) is 5.50. The van der Waals surface area contributed by atoms with Crippen LogP contribution in [0.2, 0.25) is 0 Å². The van der Waals surface area contributed by atoms with Crippen molar-refractivity contribution in [3.05, 3.63) is 59.7 Å². The Hall–Kier alpha value is -2.62. The van der Waals surface area contributed by atoms with Crippen molar-refractivity contribution in [3.63, 3.8) is 0 Å². The fraction of sp³-hybridized carbons (Fsp3) is 0.458. The molecule has 0 spiro atoms. The van der Waals surface area contributed by atoms with Gasteiger partial charge in [0.15, 0.2) is 0 Å². The Kier molecular flexibility index (Phi) is 9.11. The molecular weight excluding hydrogens is 442 g/mol. The van der Waals surface area contributed by atoms with Gasteiger partial charge in [0.1, 0.15) is 5.75 Å². The predicted octanol–water partition coefficient (Wildman–Crippen LogP) is 2.39. The van der Waals surface area contributed by atoms with Crippen molar-refractivity contribution in [2.75, 3.05) is 50.5 Å². The summed E-state index contributed by atoms with van der Waals surface area (Å²) in [7, 11) is -1.94. The molecule has 1 N–H and O–H groups in total. The minimum absolute atomic E-state index is 0.104. The molecule has 1 aliphatic heterocycles. The van der Waals surface area contributed by atoms with E-state index in [0.29, 0.717) is 24.4 Å². The quantitative estimate of drug-likeness (QED) is 0.537. The third-order valence-corrected chi connectivity index (χ3v) is 6.69. The second-order valence-corrected chi connectivity index (χ2v) is 10.0. The van der Waals surface area contributed by atoms with Gasteiger partial charge in [0.25, 0.3) is 0 Å². The van der Waals surface area contributed by atoms with Gasteiger partial charge in [-0.3, -0.25) is 14.0 Å². The fourth-order valence-corrected chi connectivity index (χ4v) is 4.74. The van der Waals surface area contributed by atoms with E-state index < -0.39 is 10.0 Å². The lowest BCUT2D eigenvalue weighted by molar-refractivity contribution is -0.121. The molecule has 9 heteroatoms. The Labute approximate surface area is 196 Å². The van der Waals surface area contributed by atoms with Crippen LogP contribution in [0.1, 0.15) is 24.0 Å². The number of benzene rings is 2. The smallest absolute Gasteiger partial charge is 0.232 e. The van der Waals surface area contributed by atoms with Crippen LogP contribution in [0, 0.1) is 0 Å². The van der Waals surface area contributed by atoms with Gasteiger partial charge in [-0.05, 0) is 29.7 Å². The van der Waals surface area contributed by atoms with Gasteiger partial charge in [-0.15, -0.1) is 0 Å². The highest BCUT2D eigenvalue weighted by atomic mass is 32.2. The molecule has 0 bridgehead atoms. The van der Waals surface area contributed by atoms with E-state index in [9.17, 15) is 13.2 Å². The Morgan fingerprint density at radius 2 is 1.85 bits per heavy atom. The monoisotopic (exact) mass is 475 g/mol. The molecule has 2 aromatic rings. The second-order valence-electron chi connectivity index (χ2n) is 8.13. The number of nitrogens with zero attached hydrogens (tertiary/aromatic N) is 2. The van der Waals surface area contributed by atoms with Crippen LogP contribution in [-0.2, 0) is 32.6 Å². The predicted molar refractivity (Wildman–Crippen MR) is 129 cm³/mol. The van der Waals surface area contributed by atoms with E-state index in [2.05, 4.69) is 22.3 Å². The normalized spacial score (nSPS) is 14.6. The minimum Gasteiger partial charge on any atom is -0.497 e. The number of anilines is 1. The van der Waals surface area contributed by atoms with Crippen LogP contribution >= 0.6 is 0 Å². The van der Waals surface area contributed by atoms with Crippen LogP contribution in [0.3, 0.4) is 0 Å². The lowest BCUT2D eigenvalue weighted by atomic mass is 10.1. The number of methoxy groups -OCH3 is 1. The van der Waals surface area contributed by atoms with Gasteiger partial charge in [0, 0.05) is 45.2 Å². The molecule has 0 unspecified atom stereocenters. The first kappa shape index (κ1) is 25.0. The van der Waals surface area contributed by atoms with Crippen molar-refractivity contribution in [2.45, 2.75) is 25.9 Å². The number of carbonyl (C=O) groups excluding carboxylic acids is 1. The molecule has 0 saturated carbocycles. The number of ether oxygens (including phenoxy) is 2. The summed E-state index contributed by atoms with van der Waals surface area (Å²) in [6.07, 6.45) is 1.81. The molecule has 0 aromatic heterocycles. The fourth-order valence-electron chi connectivity index (χ4n) is 3.78. The van der Waals surface area contributed by atoms with E-state index in [0.717, 1.165) is 44.7 Å². The molecule has 1 fully saturated rings. The van der Waals surface area contributed by atoms with Gasteiger partial charge in [0.2, 0.25) is 15.9 Å². The molecule has 180 valence electrons. The van der Waals surface area contributed by atoms with Crippen LogP contribution in [-0.4, -0.2) is 65.4 Å². The molecule has 0 radical (unpaired) electrons. The highest BCUT2D eigenvalue weighted by Crippen LogP contribution is 2.23. The van der Waals surface area contributed by atoms with Gasteiger partial charge in [-0.1, -0.05) is 30.3 Å². The average molecular weight is 476 g/mol. The molecule has 0 atom stereocenters. The summed E-state index contributed by atoms with van der Waals surface area (Å²) >= 11 is 0. The van der Waals surface area contributed by atoms with Gasteiger partial charge in [0.05, 0.1) is 32.3 Å². The van der Waals surface area contributed by atoms with E-state index in [1.807, 2.05) is 12.1 Å². The Morgan fingerprint density at radius 3 is 2.58 bits per heavy atom. The van der Waals surface area contributed by atoms with Crippen molar-refractivity contribution in [3.8, 4) is 5.75 Å². The molecule has 1 heterocycles. The average Bonchev–Trinajstić information content (AvgIpc) is 2.80. The number of morpholine rings is 1. The number of sulfonamides is 1. The maximum atomic E-state index is 12.4. The molecule has 1 saturated heterocycles. The molecule has 8 nitrogen and oxygen atoms in total. The summed E-state index contributed by atoms with van der Waals surface area (Å²) < 4.78 is 36.4. The molecule has 1 aliphatic rings. The highest BCUT2D eigenvalue weighted by Gasteiger charge is 2.18. The number of hydrogen-bond donors (Lipinski definition) is 1. The first-order valence-corrected chi connectivity index (χ1v) is 13.0. The lowest BCUT2D eigenvalue weighted by Gasteiger charge is -2.26. The SMILES string of the molecule is COc1cccc(N(CCCC(=O)NCc2cccc(CN3CCOCC3)c2)S(C)(=O)=O)c1. The first-order valence-electron chi connectivity index (χ1n) is 11.1. The van der Waals surface area contributed by atoms with E-state index in [1.165, 1.54) is 17.0 Å². The zero-order valence-electron chi connectivity index (χ0n) is 19.3. The van der Waals surface area contributed by atoms with Crippen molar-refractivity contribution in [2.24, 2.45) is 0 Å². The molecule has 2 aromatic carbocycles. The van der Waals surface area contributed by atoms with E-state index in [1.54, 1.807) is 24.3 Å². The van der Waals surface area contributed by atoms with E-state index >= 15 is 0 Å². The first-order chi connectivity index (χ1) is 15.8. The molecule has 33 heavy (non-hydrogen) atoms. The van der Waals surface area contributed by atoms with Crippen molar-refractivity contribution in [1.29, 1.82) is 0 Å². The van der Waals surface area contributed by atoms with Crippen LogP contribution < -0.4 is 14.4 Å². The number of hydrogen-bond acceptors (Lipinski definition) is 6. The van der Waals surface area contributed by atoms with Gasteiger partial charge < -0.3 is 14.8 Å². The highest BCUT2D eigenvalue weighted by molar-refractivity contribution is 7.92. The third kappa shape index (κ3) is 8.03. The van der Waals surface area contributed by atoms with Crippen LogP contribution in [0.4, 0.5) is 5.69 Å². The summed E-state index contributed by atoms with van der Waals surface area (Å²) in [6, 6.07) is 15.1. The summed E-state index contributed by atoms with van der Waals surface area (Å²) in [4.78, 5) is 14.7. The number of nitrogens with one attached hydrogen (secondary N) is 1. The van der Waals surface area contributed by atoms with Crippen LogP contribution in [0.25, 0.3) is 0 Å². The number of carbonyl (C=O) groups is 1. The van der Waals surface area contributed by atoms with Crippen molar-refractivity contribution in [1.82, 2.24) is 10.2 Å². The number of amides is 1. The van der Waals surface area contributed by atoms with E-state index in [-0.39, 0.29) is 18.9 Å².